The Kier molecular flexibility index (Phi) is 4.20. The van der Waals surface area contributed by atoms with Gasteiger partial charge in [0.1, 0.15) is 0 Å². The van der Waals surface area contributed by atoms with Gasteiger partial charge in [-0.2, -0.15) is 0 Å². The quantitative estimate of drug-likeness (QED) is 0.918. The number of ether oxygens (including phenoxy) is 1. The van der Waals surface area contributed by atoms with Gasteiger partial charge in [-0.1, -0.05) is 12.1 Å². The maximum Gasteiger partial charge on any atom is 0.0743 e. The molecule has 2 aliphatic rings. The highest BCUT2D eigenvalue weighted by atomic mass is 16.5. The van der Waals surface area contributed by atoms with Crippen molar-refractivity contribution in [3.05, 3.63) is 29.8 Å². The molecule has 2 atom stereocenters. The van der Waals surface area contributed by atoms with Crippen molar-refractivity contribution in [2.24, 2.45) is 5.73 Å². The van der Waals surface area contributed by atoms with E-state index in [0.29, 0.717) is 6.54 Å². The summed E-state index contributed by atoms with van der Waals surface area (Å²) >= 11 is 0. The van der Waals surface area contributed by atoms with Gasteiger partial charge in [-0.3, -0.25) is 4.90 Å². The van der Waals surface area contributed by atoms with Gasteiger partial charge < -0.3 is 15.4 Å². The summed E-state index contributed by atoms with van der Waals surface area (Å²) in [5.41, 5.74) is 8.84. The molecule has 2 N–H and O–H groups in total. The van der Waals surface area contributed by atoms with E-state index in [0.717, 1.165) is 39.2 Å². The molecule has 2 aliphatic heterocycles. The van der Waals surface area contributed by atoms with Crippen molar-refractivity contribution in [3.8, 4) is 0 Å². The van der Waals surface area contributed by atoms with Crippen LogP contribution in [0.2, 0.25) is 0 Å². The Morgan fingerprint density at radius 2 is 2.05 bits per heavy atom. The third-order valence-electron chi connectivity index (χ3n) is 5.29. The van der Waals surface area contributed by atoms with Crippen LogP contribution in [0.4, 0.5) is 5.69 Å². The number of hydrogen-bond acceptors (Lipinski definition) is 4. The van der Waals surface area contributed by atoms with Crippen molar-refractivity contribution in [1.29, 1.82) is 0 Å². The predicted molar refractivity (Wildman–Crippen MR) is 86.8 cm³/mol. The molecule has 0 spiro atoms. The topological polar surface area (TPSA) is 41.7 Å². The first-order valence-corrected chi connectivity index (χ1v) is 8.04. The normalized spacial score (nSPS) is 30.8. The lowest BCUT2D eigenvalue weighted by molar-refractivity contribution is 0.0114. The Morgan fingerprint density at radius 1 is 1.29 bits per heavy atom. The number of rotatable bonds is 3. The standard InChI is InChI=1S/C17H27N3O/c1-14-4-3-5-16(12-14)19-7-9-20(10-8-19)17(13-18)6-11-21-15(17)2/h3-5,12,15H,6-11,13,18H2,1-2H3. The zero-order chi connectivity index (χ0) is 14.9. The molecular formula is C17H27N3O. The molecule has 4 heteroatoms. The number of aryl methyl sites for hydroxylation is 1. The van der Waals surface area contributed by atoms with Crippen LogP contribution in [-0.4, -0.2) is 55.9 Å². The molecule has 2 heterocycles. The highest BCUT2D eigenvalue weighted by Gasteiger charge is 2.45. The third kappa shape index (κ3) is 2.68. The maximum absolute atomic E-state index is 6.12. The molecule has 0 aromatic heterocycles. The Hall–Kier alpha value is -1.10. The van der Waals surface area contributed by atoms with Gasteiger partial charge in [0, 0.05) is 45.0 Å². The van der Waals surface area contributed by atoms with E-state index >= 15 is 0 Å². The first-order chi connectivity index (χ1) is 10.2. The van der Waals surface area contributed by atoms with Crippen LogP contribution < -0.4 is 10.6 Å². The zero-order valence-corrected chi connectivity index (χ0v) is 13.2. The van der Waals surface area contributed by atoms with Crippen molar-refractivity contribution >= 4 is 5.69 Å². The second-order valence-corrected chi connectivity index (χ2v) is 6.38. The molecule has 0 aliphatic carbocycles. The number of piperazine rings is 1. The number of hydrogen-bond donors (Lipinski definition) is 1. The van der Waals surface area contributed by atoms with Gasteiger partial charge in [-0.15, -0.1) is 0 Å². The Labute approximate surface area is 127 Å². The van der Waals surface area contributed by atoms with E-state index in [4.69, 9.17) is 10.5 Å². The van der Waals surface area contributed by atoms with Crippen LogP contribution in [0.15, 0.2) is 24.3 Å². The van der Waals surface area contributed by atoms with Crippen LogP contribution in [-0.2, 0) is 4.74 Å². The first-order valence-electron chi connectivity index (χ1n) is 8.04. The van der Waals surface area contributed by atoms with Crippen LogP contribution in [0.5, 0.6) is 0 Å². The number of nitrogens with zero attached hydrogens (tertiary/aromatic N) is 2. The largest absolute Gasteiger partial charge is 0.376 e. The lowest BCUT2D eigenvalue weighted by Crippen LogP contribution is -2.63. The summed E-state index contributed by atoms with van der Waals surface area (Å²) in [5, 5.41) is 0. The molecule has 0 amide bonds. The minimum Gasteiger partial charge on any atom is -0.376 e. The Morgan fingerprint density at radius 3 is 2.62 bits per heavy atom. The van der Waals surface area contributed by atoms with Crippen LogP contribution in [0, 0.1) is 6.92 Å². The molecule has 21 heavy (non-hydrogen) atoms. The van der Waals surface area contributed by atoms with Crippen LogP contribution in [0.1, 0.15) is 18.9 Å². The van der Waals surface area contributed by atoms with Crippen molar-refractivity contribution in [2.45, 2.75) is 31.9 Å². The van der Waals surface area contributed by atoms with Gasteiger partial charge in [0.2, 0.25) is 0 Å². The van der Waals surface area contributed by atoms with E-state index < -0.39 is 0 Å². The summed E-state index contributed by atoms with van der Waals surface area (Å²) in [7, 11) is 0. The van der Waals surface area contributed by atoms with E-state index in [9.17, 15) is 0 Å². The van der Waals surface area contributed by atoms with Crippen molar-refractivity contribution in [2.75, 3.05) is 44.2 Å². The highest BCUT2D eigenvalue weighted by molar-refractivity contribution is 5.48. The SMILES string of the molecule is Cc1cccc(N2CCN(C3(CN)CCOC3C)CC2)c1. The van der Waals surface area contributed by atoms with Gasteiger partial charge in [0.25, 0.3) is 0 Å². The molecule has 1 aromatic carbocycles. The molecule has 4 nitrogen and oxygen atoms in total. The summed E-state index contributed by atoms with van der Waals surface area (Å²) < 4.78 is 5.80. The first kappa shape index (κ1) is 14.8. The van der Waals surface area contributed by atoms with E-state index in [1.54, 1.807) is 0 Å². The summed E-state index contributed by atoms with van der Waals surface area (Å²) in [6, 6.07) is 8.78. The van der Waals surface area contributed by atoms with Gasteiger partial charge in [0.05, 0.1) is 11.6 Å². The van der Waals surface area contributed by atoms with E-state index in [1.807, 2.05) is 0 Å². The second-order valence-electron chi connectivity index (χ2n) is 6.38. The van der Waals surface area contributed by atoms with Crippen LogP contribution in [0.3, 0.4) is 0 Å². The summed E-state index contributed by atoms with van der Waals surface area (Å²) in [5.74, 6) is 0. The number of nitrogens with two attached hydrogens (primary N) is 1. The fourth-order valence-electron chi connectivity index (χ4n) is 3.82. The fourth-order valence-corrected chi connectivity index (χ4v) is 3.82. The van der Waals surface area contributed by atoms with Gasteiger partial charge >= 0.3 is 0 Å². The second kappa shape index (κ2) is 5.95. The van der Waals surface area contributed by atoms with Gasteiger partial charge in [-0.05, 0) is 38.0 Å². The third-order valence-corrected chi connectivity index (χ3v) is 5.29. The number of benzene rings is 1. The van der Waals surface area contributed by atoms with Crippen molar-refractivity contribution in [1.82, 2.24) is 4.90 Å². The molecule has 1 aromatic rings. The van der Waals surface area contributed by atoms with E-state index in [2.05, 4.69) is 47.9 Å². The van der Waals surface area contributed by atoms with E-state index in [-0.39, 0.29) is 11.6 Å². The fraction of sp³-hybridized carbons (Fsp3) is 0.647. The van der Waals surface area contributed by atoms with Crippen molar-refractivity contribution in [3.63, 3.8) is 0 Å². The number of anilines is 1. The van der Waals surface area contributed by atoms with E-state index in [1.165, 1.54) is 11.3 Å². The summed E-state index contributed by atoms with van der Waals surface area (Å²) in [6.45, 7) is 10.1. The molecule has 2 saturated heterocycles. The lowest BCUT2D eigenvalue weighted by atomic mass is 9.89. The molecular weight excluding hydrogens is 262 g/mol. The van der Waals surface area contributed by atoms with Gasteiger partial charge in [-0.25, -0.2) is 0 Å². The molecule has 2 unspecified atom stereocenters. The molecule has 0 radical (unpaired) electrons. The Balaban J connectivity index is 1.67. The Bertz CT molecular complexity index is 485. The monoisotopic (exact) mass is 289 g/mol. The average Bonchev–Trinajstić information content (AvgIpc) is 2.89. The summed E-state index contributed by atoms with van der Waals surface area (Å²) in [6.07, 6.45) is 1.31. The molecule has 116 valence electrons. The summed E-state index contributed by atoms with van der Waals surface area (Å²) in [4.78, 5) is 5.05. The maximum atomic E-state index is 6.12. The van der Waals surface area contributed by atoms with Crippen LogP contribution >= 0.6 is 0 Å². The zero-order valence-electron chi connectivity index (χ0n) is 13.2. The predicted octanol–water partition coefficient (Wildman–Crippen LogP) is 1.62. The smallest absolute Gasteiger partial charge is 0.0743 e. The molecule has 3 rings (SSSR count). The molecule has 0 saturated carbocycles. The van der Waals surface area contributed by atoms with Crippen molar-refractivity contribution < 1.29 is 4.74 Å². The minimum atomic E-state index is 0.0543. The minimum absolute atomic E-state index is 0.0543. The highest BCUT2D eigenvalue weighted by Crippen LogP contribution is 2.32. The van der Waals surface area contributed by atoms with Crippen LogP contribution in [0.25, 0.3) is 0 Å². The average molecular weight is 289 g/mol. The molecule has 0 bridgehead atoms. The van der Waals surface area contributed by atoms with Gasteiger partial charge in [0.15, 0.2) is 0 Å². The lowest BCUT2D eigenvalue weighted by Gasteiger charge is -2.47. The molecule has 2 fully saturated rings.